The predicted molar refractivity (Wildman–Crippen MR) is 95.9 cm³/mol. The summed E-state index contributed by atoms with van der Waals surface area (Å²) in [6.45, 7) is 5.57. The lowest BCUT2D eigenvalue weighted by molar-refractivity contribution is -0.126. The number of nitrogens with one attached hydrogen (secondary N) is 1. The van der Waals surface area contributed by atoms with Crippen molar-refractivity contribution in [3.05, 3.63) is 11.8 Å². The zero-order valence-electron chi connectivity index (χ0n) is 16.4. The Morgan fingerprint density at radius 2 is 1.86 bits per heavy atom. The van der Waals surface area contributed by atoms with Crippen LogP contribution < -0.4 is 5.32 Å². The number of alkyl halides is 3. The molecule has 1 unspecified atom stereocenters. The average Bonchev–Trinajstić information content (AvgIpc) is 3.03. The van der Waals surface area contributed by atoms with Crippen molar-refractivity contribution in [2.75, 3.05) is 6.54 Å². The van der Waals surface area contributed by atoms with Gasteiger partial charge in [-0.2, -0.15) is 21.6 Å². The summed E-state index contributed by atoms with van der Waals surface area (Å²) in [5.74, 6) is -0.678. The zero-order valence-corrected chi connectivity index (χ0v) is 17.2. The van der Waals surface area contributed by atoms with Gasteiger partial charge in [-0.3, -0.25) is 9.69 Å². The summed E-state index contributed by atoms with van der Waals surface area (Å²) in [5.41, 5.74) is -6.19. The Morgan fingerprint density at radius 3 is 2.38 bits per heavy atom. The molecule has 1 N–H and O–H groups in total. The number of halogens is 3. The third-order valence-electron chi connectivity index (χ3n) is 4.40. The van der Waals surface area contributed by atoms with Crippen LogP contribution in [0.4, 0.5) is 18.0 Å². The summed E-state index contributed by atoms with van der Waals surface area (Å²) in [6.07, 6.45) is 2.03. The minimum absolute atomic E-state index is 0.0687. The lowest BCUT2D eigenvalue weighted by Crippen LogP contribution is -2.50. The molecule has 2 aliphatic rings. The molecule has 1 aliphatic carbocycles. The monoisotopic (exact) mass is 442 g/mol. The average molecular weight is 442 g/mol. The Morgan fingerprint density at radius 1 is 1.21 bits per heavy atom. The van der Waals surface area contributed by atoms with Crippen LogP contribution in [0.3, 0.4) is 0 Å². The van der Waals surface area contributed by atoms with Gasteiger partial charge >= 0.3 is 21.7 Å². The van der Waals surface area contributed by atoms with Gasteiger partial charge in [0.2, 0.25) is 5.91 Å². The van der Waals surface area contributed by atoms with Gasteiger partial charge in [0.25, 0.3) is 0 Å². The van der Waals surface area contributed by atoms with E-state index in [1.54, 1.807) is 20.8 Å². The molecule has 2 amide bonds. The Balaban J connectivity index is 1.92. The molecular weight excluding hydrogens is 417 g/mol. The second-order valence-electron chi connectivity index (χ2n) is 7.97. The van der Waals surface area contributed by atoms with Crippen molar-refractivity contribution in [2.45, 2.75) is 76.1 Å². The lowest BCUT2D eigenvalue weighted by atomic mass is 10.00. The van der Waals surface area contributed by atoms with E-state index in [0.717, 1.165) is 0 Å². The number of ether oxygens (including phenoxy) is 1. The number of hydrogen-bond acceptors (Lipinski definition) is 6. The van der Waals surface area contributed by atoms with E-state index in [0.29, 0.717) is 19.4 Å². The van der Waals surface area contributed by atoms with Crippen LogP contribution in [0.2, 0.25) is 0 Å². The second-order valence-corrected chi connectivity index (χ2v) is 9.50. The molecule has 0 aromatic rings. The van der Waals surface area contributed by atoms with E-state index in [9.17, 15) is 31.2 Å². The highest BCUT2D eigenvalue weighted by Crippen LogP contribution is 2.30. The van der Waals surface area contributed by atoms with E-state index < -0.39 is 39.4 Å². The first kappa shape index (κ1) is 23.3. The van der Waals surface area contributed by atoms with Crippen LogP contribution in [-0.2, 0) is 23.8 Å². The Labute approximate surface area is 167 Å². The summed E-state index contributed by atoms with van der Waals surface area (Å²) in [5, 5.41) is 2.76. The molecule has 2 rings (SSSR count). The van der Waals surface area contributed by atoms with Gasteiger partial charge in [-0.05, 0) is 52.5 Å². The number of hydrogen-bond donors (Lipinski definition) is 1. The van der Waals surface area contributed by atoms with Crippen molar-refractivity contribution in [1.29, 1.82) is 0 Å². The van der Waals surface area contributed by atoms with Crippen molar-refractivity contribution in [2.24, 2.45) is 0 Å². The van der Waals surface area contributed by atoms with Crippen molar-refractivity contribution in [3.8, 4) is 0 Å². The van der Waals surface area contributed by atoms with Gasteiger partial charge in [0, 0.05) is 19.0 Å². The molecule has 1 saturated heterocycles. The summed E-state index contributed by atoms with van der Waals surface area (Å²) in [6, 6.07) is -1.08. The van der Waals surface area contributed by atoms with E-state index in [4.69, 9.17) is 4.74 Å². The molecule has 166 valence electrons. The van der Waals surface area contributed by atoms with E-state index >= 15 is 0 Å². The summed E-state index contributed by atoms with van der Waals surface area (Å²) >= 11 is 0. The fourth-order valence-electron chi connectivity index (χ4n) is 3.08. The lowest BCUT2D eigenvalue weighted by Gasteiger charge is -2.29. The quantitative estimate of drug-likeness (QED) is 0.531. The largest absolute Gasteiger partial charge is 0.534 e. The van der Waals surface area contributed by atoms with Crippen molar-refractivity contribution >= 4 is 22.1 Å². The molecule has 12 heteroatoms. The van der Waals surface area contributed by atoms with Crippen molar-refractivity contribution in [3.63, 3.8) is 0 Å². The molecular formula is C17H25F3N2O6S. The highest BCUT2D eigenvalue weighted by molar-refractivity contribution is 7.87. The van der Waals surface area contributed by atoms with Crippen LogP contribution >= 0.6 is 0 Å². The smallest absolute Gasteiger partial charge is 0.444 e. The van der Waals surface area contributed by atoms with E-state index in [1.165, 1.54) is 11.0 Å². The fraction of sp³-hybridized carbons (Fsp3) is 0.765. The first-order valence-electron chi connectivity index (χ1n) is 9.19. The Hall–Kier alpha value is -1.98. The maximum absolute atomic E-state index is 12.6. The van der Waals surface area contributed by atoms with Crippen LogP contribution in [0.15, 0.2) is 11.8 Å². The highest BCUT2D eigenvalue weighted by atomic mass is 32.2. The summed E-state index contributed by atoms with van der Waals surface area (Å²) in [4.78, 5) is 26.2. The molecule has 0 spiro atoms. The molecule has 0 bridgehead atoms. The van der Waals surface area contributed by atoms with Gasteiger partial charge in [0.15, 0.2) is 0 Å². The molecule has 1 fully saturated rings. The van der Waals surface area contributed by atoms with Gasteiger partial charge in [-0.15, -0.1) is 0 Å². The fourth-order valence-corrected chi connectivity index (χ4v) is 3.61. The molecule has 0 saturated carbocycles. The molecule has 0 aromatic heterocycles. The molecule has 8 nitrogen and oxygen atoms in total. The number of nitrogens with zero attached hydrogens (tertiary/aromatic N) is 1. The minimum atomic E-state index is -5.70. The summed E-state index contributed by atoms with van der Waals surface area (Å²) in [7, 11) is -5.70. The standard InChI is InChI=1S/C17H25F3N2O6S/c1-16(2,3)27-15(24)22-10-4-5-13(22)14(23)21-11-6-8-12(9-7-11)28-29(25,26)17(18,19)20/h8,11,13H,4-7,9-10H2,1-3H3,(H,21,23)/t11?,13-/m0/s1. The van der Waals surface area contributed by atoms with Gasteiger partial charge in [0.1, 0.15) is 17.4 Å². The van der Waals surface area contributed by atoms with E-state index in [-0.39, 0.29) is 30.9 Å². The number of allylic oxidation sites excluding steroid dienone is 1. The SMILES string of the molecule is CC(C)(C)OC(=O)N1CCC[C@H]1C(=O)NC1CC=C(OS(=O)(=O)C(F)(F)F)CC1. The van der Waals surface area contributed by atoms with Gasteiger partial charge in [-0.25, -0.2) is 4.79 Å². The van der Waals surface area contributed by atoms with Crippen LogP contribution in [0, 0.1) is 0 Å². The molecule has 2 atom stereocenters. The van der Waals surface area contributed by atoms with Crippen molar-refractivity contribution in [1.82, 2.24) is 10.2 Å². The molecule has 1 aliphatic heterocycles. The number of rotatable bonds is 4. The van der Waals surface area contributed by atoms with E-state index in [1.807, 2.05) is 0 Å². The number of amides is 2. The number of carbonyl (C=O) groups is 2. The van der Waals surface area contributed by atoms with Crippen LogP contribution in [0.25, 0.3) is 0 Å². The first-order chi connectivity index (χ1) is 13.2. The first-order valence-corrected chi connectivity index (χ1v) is 10.6. The van der Waals surface area contributed by atoms with Gasteiger partial charge < -0.3 is 14.2 Å². The van der Waals surface area contributed by atoms with Crippen LogP contribution in [0.5, 0.6) is 0 Å². The maximum atomic E-state index is 12.6. The van der Waals surface area contributed by atoms with E-state index in [2.05, 4.69) is 9.50 Å². The van der Waals surface area contributed by atoms with Crippen molar-refractivity contribution < 1.29 is 40.1 Å². The van der Waals surface area contributed by atoms with Gasteiger partial charge in [-0.1, -0.05) is 0 Å². The third kappa shape index (κ3) is 6.25. The Kier molecular flexibility index (Phi) is 6.75. The molecule has 0 aromatic carbocycles. The number of likely N-dealkylation sites (tertiary alicyclic amines) is 1. The molecule has 1 heterocycles. The van der Waals surface area contributed by atoms with Crippen LogP contribution in [0.1, 0.15) is 52.9 Å². The number of carbonyl (C=O) groups excluding carboxylic acids is 2. The zero-order chi connectivity index (χ0) is 22.0. The summed E-state index contributed by atoms with van der Waals surface area (Å²) < 4.78 is 68.6. The van der Waals surface area contributed by atoms with Gasteiger partial charge in [0.05, 0.1) is 0 Å². The normalized spacial score (nSPS) is 23.4. The predicted octanol–water partition coefficient (Wildman–Crippen LogP) is 2.80. The second kappa shape index (κ2) is 8.41. The Bertz CT molecular complexity index is 773. The van der Waals surface area contributed by atoms with Crippen LogP contribution in [-0.4, -0.2) is 55.1 Å². The molecule has 29 heavy (non-hydrogen) atoms. The minimum Gasteiger partial charge on any atom is -0.444 e. The third-order valence-corrected chi connectivity index (χ3v) is 5.40. The topological polar surface area (TPSA) is 102 Å². The molecule has 0 radical (unpaired) electrons. The maximum Gasteiger partial charge on any atom is 0.534 e. The highest BCUT2D eigenvalue weighted by Gasteiger charge is 2.49.